The molecule has 116 valence electrons. The number of nitrogens with zero attached hydrogens (tertiary/aromatic N) is 3. The van der Waals surface area contributed by atoms with Crippen molar-refractivity contribution in [2.24, 2.45) is 4.99 Å². The zero-order chi connectivity index (χ0) is 14.2. The second-order valence-electron chi connectivity index (χ2n) is 4.22. The molecule has 21 heavy (non-hydrogen) atoms. The third-order valence-corrected chi connectivity index (χ3v) is 3.40. The molecule has 2 N–H and O–H groups in total. The summed E-state index contributed by atoms with van der Waals surface area (Å²) in [4.78, 5) is 8.88. The Labute approximate surface area is 145 Å². The third kappa shape index (κ3) is 6.42. The number of aromatic nitrogens is 2. The highest BCUT2D eigenvalue weighted by Crippen LogP contribution is 2.07. The van der Waals surface area contributed by atoms with Gasteiger partial charge in [0.15, 0.2) is 5.96 Å². The Morgan fingerprint density at radius 3 is 2.86 bits per heavy atom. The molecule has 0 amide bonds. The van der Waals surface area contributed by atoms with Crippen LogP contribution in [0.2, 0.25) is 0 Å². The van der Waals surface area contributed by atoms with Crippen molar-refractivity contribution in [1.29, 1.82) is 0 Å². The summed E-state index contributed by atoms with van der Waals surface area (Å²) in [6.45, 7) is 6.18. The summed E-state index contributed by atoms with van der Waals surface area (Å²) in [5.41, 5.74) is 1.93. The summed E-state index contributed by atoms with van der Waals surface area (Å²) in [5, 5.41) is 13.5. The molecule has 2 aromatic heterocycles. The molecule has 0 saturated heterocycles. The first-order valence-electron chi connectivity index (χ1n) is 6.60. The van der Waals surface area contributed by atoms with Crippen molar-refractivity contribution < 1.29 is 4.52 Å². The minimum absolute atomic E-state index is 0. The number of guanidine groups is 1. The lowest BCUT2D eigenvalue weighted by atomic mass is 10.3. The highest BCUT2D eigenvalue weighted by atomic mass is 127. The number of aryl methyl sites for hydroxylation is 1. The fourth-order valence-electron chi connectivity index (χ4n) is 1.65. The first-order valence-corrected chi connectivity index (χ1v) is 7.48. The van der Waals surface area contributed by atoms with E-state index in [1.54, 1.807) is 17.6 Å². The fourth-order valence-corrected chi connectivity index (χ4v) is 2.30. The molecule has 0 aliphatic heterocycles. The quantitative estimate of drug-likeness (QED) is 0.426. The SMILES string of the molecule is CCNC(=NCc1ccon1)NCCc1csc(C)n1.I. The molecular weight excluding hydrogens is 401 g/mol. The van der Waals surface area contributed by atoms with Crippen molar-refractivity contribution in [2.75, 3.05) is 13.1 Å². The van der Waals surface area contributed by atoms with Gasteiger partial charge in [0.2, 0.25) is 0 Å². The monoisotopic (exact) mass is 421 g/mol. The Morgan fingerprint density at radius 1 is 1.38 bits per heavy atom. The Hall–Kier alpha value is -1.16. The van der Waals surface area contributed by atoms with Gasteiger partial charge in [-0.3, -0.25) is 0 Å². The fraction of sp³-hybridized carbons (Fsp3) is 0.462. The maximum absolute atomic E-state index is 4.78. The lowest BCUT2D eigenvalue weighted by molar-refractivity contribution is 0.412. The van der Waals surface area contributed by atoms with Crippen molar-refractivity contribution in [3.8, 4) is 0 Å². The van der Waals surface area contributed by atoms with Crippen LogP contribution in [0, 0.1) is 6.92 Å². The summed E-state index contributed by atoms with van der Waals surface area (Å²) < 4.78 is 4.78. The van der Waals surface area contributed by atoms with E-state index in [9.17, 15) is 0 Å². The molecule has 0 fully saturated rings. The van der Waals surface area contributed by atoms with Crippen molar-refractivity contribution in [3.63, 3.8) is 0 Å². The van der Waals surface area contributed by atoms with Crippen LogP contribution in [0.1, 0.15) is 23.3 Å². The molecular formula is C13H20IN5OS. The number of aliphatic imine (C=N–C) groups is 1. The third-order valence-electron chi connectivity index (χ3n) is 2.57. The number of thiazole rings is 1. The van der Waals surface area contributed by atoms with Crippen LogP contribution in [-0.4, -0.2) is 29.2 Å². The van der Waals surface area contributed by atoms with E-state index in [2.05, 4.69) is 31.1 Å². The van der Waals surface area contributed by atoms with Gasteiger partial charge in [0.25, 0.3) is 0 Å². The number of halogens is 1. The lowest BCUT2D eigenvalue weighted by Gasteiger charge is -2.10. The van der Waals surface area contributed by atoms with Crippen LogP contribution < -0.4 is 10.6 Å². The topological polar surface area (TPSA) is 75.3 Å². The first kappa shape index (κ1) is 17.9. The van der Waals surface area contributed by atoms with E-state index in [1.165, 1.54) is 0 Å². The molecule has 0 radical (unpaired) electrons. The van der Waals surface area contributed by atoms with Gasteiger partial charge in [-0.15, -0.1) is 35.3 Å². The van der Waals surface area contributed by atoms with Gasteiger partial charge in [0.05, 0.1) is 17.2 Å². The minimum Gasteiger partial charge on any atom is -0.364 e. The summed E-state index contributed by atoms with van der Waals surface area (Å²) in [6, 6.07) is 1.81. The zero-order valence-electron chi connectivity index (χ0n) is 12.1. The van der Waals surface area contributed by atoms with Crippen LogP contribution in [0.25, 0.3) is 0 Å². The molecule has 0 unspecified atom stereocenters. The molecule has 8 heteroatoms. The highest BCUT2D eigenvalue weighted by molar-refractivity contribution is 14.0. The molecule has 0 atom stereocenters. The van der Waals surface area contributed by atoms with Gasteiger partial charge in [-0.25, -0.2) is 9.98 Å². The Kier molecular flexibility index (Phi) is 8.28. The van der Waals surface area contributed by atoms with Crippen LogP contribution in [-0.2, 0) is 13.0 Å². The first-order chi connectivity index (χ1) is 9.78. The zero-order valence-corrected chi connectivity index (χ0v) is 15.3. The van der Waals surface area contributed by atoms with E-state index in [1.807, 2.05) is 19.9 Å². The number of nitrogens with one attached hydrogen (secondary N) is 2. The van der Waals surface area contributed by atoms with Gasteiger partial charge in [-0.2, -0.15) is 0 Å². The van der Waals surface area contributed by atoms with E-state index in [0.717, 1.165) is 41.9 Å². The van der Waals surface area contributed by atoms with Crippen molar-refractivity contribution >= 4 is 41.3 Å². The van der Waals surface area contributed by atoms with E-state index in [-0.39, 0.29) is 24.0 Å². The summed E-state index contributed by atoms with van der Waals surface area (Å²) in [7, 11) is 0. The van der Waals surface area contributed by atoms with Crippen LogP contribution in [0.4, 0.5) is 0 Å². The van der Waals surface area contributed by atoms with Gasteiger partial charge in [0, 0.05) is 31.0 Å². The number of rotatable bonds is 6. The van der Waals surface area contributed by atoms with Crippen molar-refractivity contribution in [1.82, 2.24) is 20.8 Å². The predicted octanol–water partition coefficient (Wildman–Crippen LogP) is 2.36. The van der Waals surface area contributed by atoms with Crippen LogP contribution in [0.15, 0.2) is 27.2 Å². The van der Waals surface area contributed by atoms with E-state index in [4.69, 9.17) is 4.52 Å². The Morgan fingerprint density at radius 2 is 2.24 bits per heavy atom. The summed E-state index contributed by atoms with van der Waals surface area (Å²) in [5.74, 6) is 0.780. The average Bonchev–Trinajstić information content (AvgIpc) is 3.08. The van der Waals surface area contributed by atoms with Gasteiger partial charge < -0.3 is 15.2 Å². The Bertz CT molecular complexity index is 541. The molecule has 0 aromatic carbocycles. The van der Waals surface area contributed by atoms with Crippen LogP contribution >= 0.6 is 35.3 Å². The maximum Gasteiger partial charge on any atom is 0.191 e. The average molecular weight is 421 g/mol. The molecule has 2 aromatic rings. The van der Waals surface area contributed by atoms with Gasteiger partial charge in [-0.1, -0.05) is 5.16 Å². The summed E-state index contributed by atoms with van der Waals surface area (Å²) >= 11 is 1.68. The molecule has 0 spiro atoms. The van der Waals surface area contributed by atoms with E-state index < -0.39 is 0 Å². The molecule has 0 aliphatic rings. The van der Waals surface area contributed by atoms with Crippen molar-refractivity contribution in [2.45, 2.75) is 26.8 Å². The largest absolute Gasteiger partial charge is 0.364 e. The Balaban J connectivity index is 0.00000220. The predicted molar refractivity (Wildman–Crippen MR) is 95.3 cm³/mol. The number of hydrogen-bond donors (Lipinski definition) is 2. The van der Waals surface area contributed by atoms with E-state index in [0.29, 0.717) is 6.54 Å². The van der Waals surface area contributed by atoms with Gasteiger partial charge in [0.1, 0.15) is 12.0 Å². The molecule has 0 aliphatic carbocycles. The van der Waals surface area contributed by atoms with Crippen molar-refractivity contribution in [3.05, 3.63) is 34.1 Å². The molecule has 0 saturated carbocycles. The van der Waals surface area contributed by atoms with Gasteiger partial charge >= 0.3 is 0 Å². The second kappa shape index (κ2) is 9.72. The normalized spacial score (nSPS) is 11.0. The molecule has 0 bridgehead atoms. The smallest absolute Gasteiger partial charge is 0.191 e. The standard InChI is InChI=1S/C13H19N5OS.HI/c1-3-14-13(16-8-11-5-7-19-18-11)15-6-4-12-9-20-10(2)17-12;/h5,7,9H,3-4,6,8H2,1-2H3,(H2,14,15,16);1H. The molecule has 2 rings (SSSR count). The lowest BCUT2D eigenvalue weighted by Crippen LogP contribution is -2.38. The van der Waals surface area contributed by atoms with Crippen LogP contribution in [0.3, 0.4) is 0 Å². The minimum atomic E-state index is 0. The van der Waals surface area contributed by atoms with E-state index >= 15 is 0 Å². The van der Waals surface area contributed by atoms with Gasteiger partial charge in [-0.05, 0) is 13.8 Å². The van der Waals surface area contributed by atoms with Crippen LogP contribution in [0.5, 0.6) is 0 Å². The summed E-state index contributed by atoms with van der Waals surface area (Å²) in [6.07, 6.45) is 2.44. The maximum atomic E-state index is 4.78. The second-order valence-corrected chi connectivity index (χ2v) is 5.28. The number of hydrogen-bond acceptors (Lipinski definition) is 5. The highest BCUT2D eigenvalue weighted by Gasteiger charge is 2.01. The molecule has 2 heterocycles. The molecule has 6 nitrogen and oxygen atoms in total.